The Morgan fingerprint density at radius 3 is 2.67 bits per heavy atom. The van der Waals surface area contributed by atoms with Gasteiger partial charge in [0, 0.05) is 37.8 Å². The Labute approximate surface area is 221 Å². The predicted octanol–water partition coefficient (Wildman–Crippen LogP) is 2.05. The predicted molar refractivity (Wildman–Crippen MR) is 137 cm³/mol. The van der Waals surface area contributed by atoms with E-state index in [1.807, 2.05) is 0 Å². The summed E-state index contributed by atoms with van der Waals surface area (Å²) < 4.78 is 68.7. The van der Waals surface area contributed by atoms with Gasteiger partial charge in [-0.1, -0.05) is 12.1 Å². The van der Waals surface area contributed by atoms with Gasteiger partial charge in [-0.3, -0.25) is 19.1 Å². The van der Waals surface area contributed by atoms with E-state index in [-0.39, 0.29) is 48.4 Å². The van der Waals surface area contributed by atoms with Crippen molar-refractivity contribution in [3.63, 3.8) is 0 Å². The highest BCUT2D eigenvalue weighted by Crippen LogP contribution is 2.36. The summed E-state index contributed by atoms with van der Waals surface area (Å²) in [7, 11) is -3.30. The Morgan fingerprint density at radius 2 is 1.97 bits per heavy atom. The van der Waals surface area contributed by atoms with Crippen LogP contribution in [-0.2, 0) is 23.0 Å². The highest BCUT2D eigenvalue weighted by Gasteiger charge is 2.37. The number of halogens is 3. The van der Waals surface area contributed by atoms with Crippen LogP contribution in [-0.4, -0.2) is 71.1 Å². The van der Waals surface area contributed by atoms with E-state index < -0.39 is 57.6 Å². The molecule has 5 rings (SSSR count). The highest BCUT2D eigenvalue weighted by atomic mass is 32.2. The first-order valence-electron chi connectivity index (χ1n) is 12.4. The van der Waals surface area contributed by atoms with Crippen LogP contribution in [0.1, 0.15) is 34.3 Å². The molecule has 14 heteroatoms. The van der Waals surface area contributed by atoms with E-state index in [0.29, 0.717) is 24.1 Å². The maximum atomic E-state index is 14.7. The van der Waals surface area contributed by atoms with Crippen molar-refractivity contribution in [2.75, 3.05) is 37.2 Å². The molecule has 0 aliphatic carbocycles. The second-order valence-corrected chi connectivity index (χ2v) is 11.7. The lowest BCUT2D eigenvalue weighted by Crippen LogP contribution is -2.38. The summed E-state index contributed by atoms with van der Waals surface area (Å²) in [5.74, 6) is -5.45. The lowest BCUT2D eigenvalue weighted by Gasteiger charge is -2.18. The molecule has 0 unspecified atom stereocenters. The summed E-state index contributed by atoms with van der Waals surface area (Å²) in [6, 6.07) is 5.60. The first-order chi connectivity index (χ1) is 18.5. The summed E-state index contributed by atoms with van der Waals surface area (Å²) in [4.78, 5) is 30.5. The van der Waals surface area contributed by atoms with Gasteiger partial charge in [-0.25, -0.2) is 25.9 Å². The average Bonchev–Trinajstić information content (AvgIpc) is 3.14. The van der Waals surface area contributed by atoms with Crippen molar-refractivity contribution in [2.24, 2.45) is 0 Å². The number of rotatable bonds is 7. The van der Waals surface area contributed by atoms with E-state index in [1.165, 1.54) is 34.8 Å². The van der Waals surface area contributed by atoms with Crippen LogP contribution in [0.3, 0.4) is 0 Å². The smallest absolute Gasteiger partial charge is 0.282 e. The Bertz CT molecular complexity index is 1610. The Morgan fingerprint density at radius 1 is 1.23 bits per heavy atom. The molecule has 1 amide bonds. The third-order valence-electron chi connectivity index (χ3n) is 6.84. The first kappa shape index (κ1) is 26.9. The zero-order chi connectivity index (χ0) is 27.9. The fourth-order valence-corrected chi connectivity index (χ4v) is 6.50. The summed E-state index contributed by atoms with van der Waals surface area (Å²) in [6.07, 6.45) is 2.31. The molecule has 208 valence electrons. The number of amides is 1. The number of benzene rings is 1. The number of carbonyl (C=O) groups is 1. The van der Waals surface area contributed by atoms with Crippen molar-refractivity contribution in [1.29, 1.82) is 0 Å². The number of nitrogens with zero attached hydrogens (tertiary/aromatic N) is 3. The van der Waals surface area contributed by atoms with Gasteiger partial charge in [-0.2, -0.15) is 0 Å². The molecular formula is C25H26F3N5O5S. The van der Waals surface area contributed by atoms with Crippen molar-refractivity contribution in [2.45, 2.75) is 31.7 Å². The minimum atomic E-state index is -3.37. The molecule has 39 heavy (non-hydrogen) atoms. The molecule has 2 aromatic heterocycles. The third kappa shape index (κ3) is 5.30. The van der Waals surface area contributed by atoms with Gasteiger partial charge in [-0.15, -0.1) is 0 Å². The number of sulfonamides is 1. The van der Waals surface area contributed by atoms with Gasteiger partial charge in [0.15, 0.2) is 5.75 Å². The Kier molecular flexibility index (Phi) is 7.01. The molecule has 0 radical (unpaired) electrons. The fraction of sp³-hybridized carbons (Fsp3) is 0.400. The van der Waals surface area contributed by atoms with Gasteiger partial charge in [0.2, 0.25) is 10.0 Å². The number of anilines is 1. The summed E-state index contributed by atoms with van der Waals surface area (Å²) >= 11 is 0. The van der Waals surface area contributed by atoms with E-state index in [2.05, 4.69) is 15.6 Å². The Hall–Kier alpha value is -3.65. The van der Waals surface area contributed by atoms with Crippen LogP contribution in [0.15, 0.2) is 35.3 Å². The minimum absolute atomic E-state index is 0.00519. The number of hydrogen-bond donors (Lipinski definition) is 3. The molecule has 3 aromatic rings. The third-order valence-corrected chi connectivity index (χ3v) is 8.80. The molecule has 4 heterocycles. The van der Waals surface area contributed by atoms with Gasteiger partial charge in [0.25, 0.3) is 17.4 Å². The summed E-state index contributed by atoms with van der Waals surface area (Å²) in [5.41, 5.74) is -0.830. The van der Waals surface area contributed by atoms with Crippen LogP contribution in [0.4, 0.5) is 18.9 Å². The number of aromatic hydroxyl groups is 1. The molecule has 1 aromatic carbocycles. The maximum absolute atomic E-state index is 14.7. The number of pyridine rings is 2. The second kappa shape index (κ2) is 10.2. The van der Waals surface area contributed by atoms with Crippen molar-refractivity contribution in [1.82, 2.24) is 19.2 Å². The van der Waals surface area contributed by atoms with Crippen molar-refractivity contribution in [3.05, 3.63) is 63.3 Å². The molecule has 1 fully saturated rings. The summed E-state index contributed by atoms with van der Waals surface area (Å²) in [5, 5.41) is 16.1. The van der Waals surface area contributed by atoms with Crippen LogP contribution in [0.25, 0.3) is 11.0 Å². The molecule has 0 saturated carbocycles. The van der Waals surface area contributed by atoms with Crippen molar-refractivity contribution >= 4 is 32.7 Å². The summed E-state index contributed by atoms with van der Waals surface area (Å²) in [6.45, 7) is -1.28. The zero-order valence-corrected chi connectivity index (χ0v) is 21.5. The standard InChI is InChI=1S/C25H26F3N5O5S/c26-17-5-3-15(4-6-17)11-16-12-30-20-21-19(16)31-13-25(27,28)14-33(21)24(36)18(22(20)34)23(35)29-7-1-8-32-9-2-10-39(32,37)38/h3-6,12,31,34H,1-2,7-11,13-14H2,(H,29,35). The van der Waals surface area contributed by atoms with Crippen LogP contribution in [0.2, 0.25) is 0 Å². The van der Waals surface area contributed by atoms with Gasteiger partial charge < -0.3 is 15.7 Å². The number of nitrogens with one attached hydrogen (secondary N) is 2. The topological polar surface area (TPSA) is 134 Å². The molecule has 0 spiro atoms. The minimum Gasteiger partial charge on any atom is -0.505 e. The number of hydrogen-bond acceptors (Lipinski definition) is 7. The Balaban J connectivity index is 1.48. The molecule has 10 nitrogen and oxygen atoms in total. The molecule has 3 N–H and O–H groups in total. The number of aromatic nitrogens is 2. The van der Waals surface area contributed by atoms with Gasteiger partial charge in [0.1, 0.15) is 16.9 Å². The van der Waals surface area contributed by atoms with Gasteiger partial charge >= 0.3 is 0 Å². The quantitative estimate of drug-likeness (QED) is 0.374. The van der Waals surface area contributed by atoms with E-state index in [9.17, 15) is 36.3 Å². The molecule has 2 aliphatic heterocycles. The lowest BCUT2D eigenvalue weighted by molar-refractivity contribution is -0.000939. The van der Waals surface area contributed by atoms with Crippen LogP contribution in [0.5, 0.6) is 5.75 Å². The van der Waals surface area contributed by atoms with E-state index >= 15 is 0 Å². The lowest BCUT2D eigenvalue weighted by atomic mass is 10.0. The monoisotopic (exact) mass is 565 g/mol. The number of alkyl halides is 2. The number of carbonyl (C=O) groups excluding carboxylic acids is 1. The van der Waals surface area contributed by atoms with E-state index in [0.717, 1.165) is 4.57 Å². The van der Waals surface area contributed by atoms with Gasteiger partial charge in [0.05, 0.1) is 30.0 Å². The highest BCUT2D eigenvalue weighted by molar-refractivity contribution is 7.89. The van der Waals surface area contributed by atoms with Crippen molar-refractivity contribution in [3.8, 4) is 5.75 Å². The van der Waals surface area contributed by atoms with Gasteiger partial charge in [-0.05, 0) is 30.5 Å². The van der Waals surface area contributed by atoms with Crippen molar-refractivity contribution < 1.29 is 31.5 Å². The molecule has 2 aliphatic rings. The van der Waals surface area contributed by atoms with E-state index in [1.54, 1.807) is 0 Å². The maximum Gasteiger partial charge on any atom is 0.282 e. The molecule has 0 atom stereocenters. The average molecular weight is 566 g/mol. The normalized spacial score (nSPS) is 18.0. The van der Waals surface area contributed by atoms with Crippen LogP contribution in [0, 0.1) is 5.82 Å². The van der Waals surface area contributed by atoms with E-state index in [4.69, 9.17) is 0 Å². The SMILES string of the molecule is O=C(NCCCN1CCCS1(=O)=O)c1c(O)c2ncc(Cc3ccc(F)cc3)c3c2n(c1=O)CC(F)(F)CN3. The van der Waals surface area contributed by atoms with Crippen LogP contribution < -0.4 is 16.2 Å². The second-order valence-electron chi connectivity index (χ2n) is 9.66. The molecule has 1 saturated heterocycles. The molecule has 0 bridgehead atoms. The van der Waals surface area contributed by atoms with Crippen LogP contribution >= 0.6 is 0 Å². The largest absolute Gasteiger partial charge is 0.505 e. The fourth-order valence-electron chi connectivity index (χ4n) is 4.93. The molecular weight excluding hydrogens is 539 g/mol. The first-order valence-corrected chi connectivity index (χ1v) is 14.0. The zero-order valence-electron chi connectivity index (χ0n) is 20.7.